The maximum atomic E-state index is 14.6. The number of nitrogens with zero attached hydrogens (tertiary/aromatic N) is 1. The van der Waals surface area contributed by atoms with Crippen LogP contribution in [-0.2, 0) is 14.3 Å². The van der Waals surface area contributed by atoms with Crippen molar-refractivity contribution in [3.63, 3.8) is 0 Å². The van der Waals surface area contributed by atoms with Gasteiger partial charge < -0.3 is 20.3 Å². The molecule has 1 saturated carbocycles. The summed E-state index contributed by atoms with van der Waals surface area (Å²) in [5, 5.41) is 6.22. The molecule has 238 valence electrons. The highest BCUT2D eigenvalue weighted by Crippen LogP contribution is 2.30. The van der Waals surface area contributed by atoms with Gasteiger partial charge in [0.25, 0.3) is 0 Å². The van der Waals surface area contributed by atoms with E-state index < -0.39 is 23.8 Å². The fourth-order valence-corrected chi connectivity index (χ4v) is 5.77. The number of unbranched alkanes of at least 4 members (excludes halogenated alkanes) is 5. The number of benzene rings is 1. The molecule has 1 aromatic rings. The number of hydrogen-bond acceptors (Lipinski definition) is 4. The fraction of sp³-hybridized carbons (Fsp3) is 0.743. The predicted octanol–water partition coefficient (Wildman–Crippen LogP) is 7.92. The maximum absolute atomic E-state index is 14.6. The Morgan fingerprint density at radius 3 is 2.24 bits per heavy atom. The lowest BCUT2D eigenvalue weighted by atomic mass is 9.91. The smallest absolute Gasteiger partial charge is 0.408 e. The van der Waals surface area contributed by atoms with E-state index in [0.717, 1.165) is 61.6 Å². The topological polar surface area (TPSA) is 87.7 Å². The summed E-state index contributed by atoms with van der Waals surface area (Å²) in [6, 6.07) is 4.53. The second-order valence-electron chi connectivity index (χ2n) is 13.3. The highest BCUT2D eigenvalue weighted by atomic mass is 16.6. The van der Waals surface area contributed by atoms with Gasteiger partial charge in [-0.15, -0.1) is 0 Å². The molecule has 3 unspecified atom stereocenters. The van der Waals surface area contributed by atoms with E-state index in [1.54, 1.807) is 4.90 Å². The van der Waals surface area contributed by atoms with Crippen LogP contribution in [0.5, 0.6) is 0 Å². The lowest BCUT2D eigenvalue weighted by molar-refractivity contribution is -0.144. The second kappa shape index (κ2) is 17.5. The lowest BCUT2D eigenvalue weighted by Gasteiger charge is -2.37. The van der Waals surface area contributed by atoms with E-state index in [4.69, 9.17) is 4.74 Å². The Morgan fingerprint density at radius 1 is 0.976 bits per heavy atom. The van der Waals surface area contributed by atoms with Gasteiger partial charge in [-0.2, -0.15) is 0 Å². The standard InChI is InChI=1S/C35H59N3O4/c1-9-11-12-13-14-18-24-38(33(40)30(25(3)10-2)37-34(41)42-35(6,7)8)31(29-23-19-20-26(4)27(29)5)32(39)36-28-21-16-15-17-22-28/h19-20,23,25,28,30-31H,9-18,21-22,24H2,1-8H3,(H,36,39)(H,37,41). The molecule has 0 bridgehead atoms. The normalized spacial score (nSPS) is 16.3. The van der Waals surface area contributed by atoms with Crippen LogP contribution in [0.2, 0.25) is 0 Å². The van der Waals surface area contributed by atoms with Crippen LogP contribution in [0.3, 0.4) is 0 Å². The van der Waals surface area contributed by atoms with Gasteiger partial charge >= 0.3 is 6.09 Å². The number of ether oxygens (including phenoxy) is 1. The molecule has 1 aliphatic carbocycles. The quantitative estimate of drug-likeness (QED) is 0.205. The number of alkyl carbamates (subject to hydrolysis) is 1. The van der Waals surface area contributed by atoms with Crippen molar-refractivity contribution in [1.82, 2.24) is 15.5 Å². The largest absolute Gasteiger partial charge is 0.444 e. The summed E-state index contributed by atoms with van der Waals surface area (Å²) in [7, 11) is 0. The molecular weight excluding hydrogens is 526 g/mol. The van der Waals surface area contributed by atoms with Crippen LogP contribution in [0, 0.1) is 19.8 Å². The number of carbonyl (C=O) groups excluding carboxylic acids is 3. The molecule has 1 aromatic carbocycles. The molecule has 7 nitrogen and oxygen atoms in total. The molecule has 0 radical (unpaired) electrons. The molecule has 1 aliphatic rings. The van der Waals surface area contributed by atoms with E-state index in [1.165, 1.54) is 25.7 Å². The zero-order valence-electron chi connectivity index (χ0n) is 27.8. The van der Waals surface area contributed by atoms with Crippen LogP contribution in [0.15, 0.2) is 18.2 Å². The minimum Gasteiger partial charge on any atom is -0.444 e. The Labute approximate surface area is 255 Å². The van der Waals surface area contributed by atoms with Crippen molar-refractivity contribution in [3.05, 3.63) is 34.9 Å². The van der Waals surface area contributed by atoms with Crippen molar-refractivity contribution in [2.45, 2.75) is 156 Å². The summed E-state index contributed by atoms with van der Waals surface area (Å²) >= 11 is 0. The van der Waals surface area contributed by atoms with Crippen LogP contribution in [0.1, 0.15) is 141 Å². The second-order valence-corrected chi connectivity index (χ2v) is 13.3. The summed E-state index contributed by atoms with van der Waals surface area (Å²) in [5.74, 6) is -0.499. The molecule has 0 aliphatic heterocycles. The van der Waals surface area contributed by atoms with Crippen molar-refractivity contribution < 1.29 is 19.1 Å². The summed E-state index contributed by atoms with van der Waals surface area (Å²) < 4.78 is 5.56. The molecule has 2 rings (SSSR count). The SMILES string of the molecule is CCCCCCCCN(C(=O)C(NC(=O)OC(C)(C)C)C(C)CC)C(C(=O)NC1CCCCC1)c1cccc(C)c1C. The van der Waals surface area contributed by atoms with Gasteiger partial charge in [-0.05, 0) is 76.5 Å². The number of amides is 3. The van der Waals surface area contributed by atoms with E-state index in [9.17, 15) is 14.4 Å². The van der Waals surface area contributed by atoms with Crippen LogP contribution in [0.4, 0.5) is 4.79 Å². The van der Waals surface area contributed by atoms with E-state index in [1.807, 2.05) is 66.7 Å². The molecule has 2 N–H and O–H groups in total. The lowest BCUT2D eigenvalue weighted by Crippen LogP contribution is -2.56. The first kappa shape index (κ1) is 35.6. The zero-order chi connectivity index (χ0) is 31.3. The van der Waals surface area contributed by atoms with Gasteiger partial charge in [-0.1, -0.05) is 96.8 Å². The average Bonchev–Trinajstić information content (AvgIpc) is 2.93. The number of aryl methyl sites for hydroxylation is 1. The number of nitrogens with one attached hydrogen (secondary N) is 2. The average molecular weight is 586 g/mol. The monoisotopic (exact) mass is 585 g/mol. The first-order chi connectivity index (χ1) is 19.9. The van der Waals surface area contributed by atoms with Crippen LogP contribution < -0.4 is 10.6 Å². The number of rotatable bonds is 15. The first-order valence-corrected chi connectivity index (χ1v) is 16.6. The molecule has 0 aromatic heterocycles. The Morgan fingerprint density at radius 2 is 1.62 bits per heavy atom. The molecule has 7 heteroatoms. The molecule has 0 spiro atoms. The van der Waals surface area contributed by atoms with Crippen LogP contribution in [0.25, 0.3) is 0 Å². The van der Waals surface area contributed by atoms with Gasteiger partial charge in [-0.25, -0.2) is 4.79 Å². The molecule has 3 amide bonds. The van der Waals surface area contributed by atoms with Crippen molar-refractivity contribution >= 4 is 17.9 Å². The molecule has 3 atom stereocenters. The van der Waals surface area contributed by atoms with Gasteiger partial charge in [0, 0.05) is 12.6 Å². The van der Waals surface area contributed by atoms with Gasteiger partial charge in [0.05, 0.1) is 0 Å². The van der Waals surface area contributed by atoms with E-state index in [-0.39, 0.29) is 23.8 Å². The van der Waals surface area contributed by atoms with Crippen LogP contribution in [-0.4, -0.2) is 47.0 Å². The minimum absolute atomic E-state index is 0.120. The van der Waals surface area contributed by atoms with Crippen LogP contribution >= 0.6 is 0 Å². The number of hydrogen-bond donors (Lipinski definition) is 2. The predicted molar refractivity (Wildman–Crippen MR) is 171 cm³/mol. The Balaban J connectivity index is 2.51. The third kappa shape index (κ3) is 11.3. The number of carbonyl (C=O) groups is 3. The van der Waals surface area contributed by atoms with Gasteiger partial charge in [0.15, 0.2) is 0 Å². The first-order valence-electron chi connectivity index (χ1n) is 16.6. The summed E-state index contributed by atoms with van der Waals surface area (Å²) in [6.07, 6.45) is 11.8. The Kier molecular flexibility index (Phi) is 14.9. The fourth-order valence-electron chi connectivity index (χ4n) is 5.77. The van der Waals surface area contributed by atoms with Gasteiger partial charge in [0.2, 0.25) is 11.8 Å². The van der Waals surface area contributed by atoms with Gasteiger partial charge in [0.1, 0.15) is 17.7 Å². The third-order valence-corrected chi connectivity index (χ3v) is 8.64. The zero-order valence-corrected chi connectivity index (χ0v) is 27.8. The molecule has 42 heavy (non-hydrogen) atoms. The summed E-state index contributed by atoms with van der Waals surface area (Å²) in [5.41, 5.74) is 2.26. The highest BCUT2D eigenvalue weighted by Gasteiger charge is 2.39. The summed E-state index contributed by atoms with van der Waals surface area (Å²) in [6.45, 7) is 16.1. The third-order valence-electron chi connectivity index (χ3n) is 8.64. The summed E-state index contributed by atoms with van der Waals surface area (Å²) in [4.78, 5) is 43.5. The molecule has 0 heterocycles. The minimum atomic E-state index is -0.806. The van der Waals surface area contributed by atoms with E-state index in [2.05, 4.69) is 17.6 Å². The molecular formula is C35H59N3O4. The Hall–Kier alpha value is -2.57. The van der Waals surface area contributed by atoms with Crippen molar-refractivity contribution in [3.8, 4) is 0 Å². The Bertz CT molecular complexity index is 996. The maximum Gasteiger partial charge on any atom is 0.408 e. The van der Waals surface area contributed by atoms with E-state index >= 15 is 0 Å². The van der Waals surface area contributed by atoms with Crippen molar-refractivity contribution in [1.29, 1.82) is 0 Å². The molecule has 0 saturated heterocycles. The van der Waals surface area contributed by atoms with Gasteiger partial charge in [-0.3, -0.25) is 9.59 Å². The van der Waals surface area contributed by atoms with Crippen molar-refractivity contribution in [2.75, 3.05) is 6.54 Å². The van der Waals surface area contributed by atoms with Crippen molar-refractivity contribution in [2.24, 2.45) is 5.92 Å². The highest BCUT2D eigenvalue weighted by molar-refractivity contribution is 5.92. The van der Waals surface area contributed by atoms with E-state index in [0.29, 0.717) is 13.0 Å². The molecule has 1 fully saturated rings.